The van der Waals surface area contributed by atoms with Crippen LogP contribution in [-0.4, -0.2) is 45.7 Å². The molecule has 4 rings (SSSR count). The summed E-state index contributed by atoms with van der Waals surface area (Å²) in [6.45, 7) is 5.32. The van der Waals surface area contributed by atoms with Crippen LogP contribution < -0.4 is 14.8 Å². The van der Waals surface area contributed by atoms with Crippen LogP contribution in [-0.2, 0) is 4.79 Å². The number of hydrogen-bond acceptors (Lipinski definition) is 8. The molecule has 0 saturated heterocycles. The normalized spacial score (nSPS) is 10.7. The van der Waals surface area contributed by atoms with E-state index in [1.165, 1.54) is 13.2 Å². The van der Waals surface area contributed by atoms with E-state index in [9.17, 15) is 9.59 Å². The van der Waals surface area contributed by atoms with Gasteiger partial charge in [0.2, 0.25) is 0 Å². The number of carbonyl (C=O) groups excluding carboxylic acids is 2. The summed E-state index contributed by atoms with van der Waals surface area (Å²) in [6, 6.07) is 11.8. The Balaban J connectivity index is 1.58. The van der Waals surface area contributed by atoms with Gasteiger partial charge >= 0.3 is 0 Å². The number of methoxy groups -OCH3 is 1. The van der Waals surface area contributed by atoms with E-state index in [0.29, 0.717) is 46.5 Å². The third-order valence-corrected chi connectivity index (χ3v) is 4.85. The van der Waals surface area contributed by atoms with Crippen LogP contribution in [0, 0.1) is 20.8 Å². The minimum Gasteiger partial charge on any atom is -0.493 e. The summed E-state index contributed by atoms with van der Waals surface area (Å²) >= 11 is 0. The number of benzene rings is 1. The molecule has 3 heterocycles. The molecule has 1 N–H and O–H groups in total. The van der Waals surface area contributed by atoms with Gasteiger partial charge in [-0.2, -0.15) is 5.10 Å². The van der Waals surface area contributed by atoms with Crippen molar-refractivity contribution in [1.29, 1.82) is 0 Å². The zero-order valence-corrected chi connectivity index (χ0v) is 19.2. The highest BCUT2D eigenvalue weighted by Gasteiger charge is 2.16. The molecule has 0 unspecified atom stereocenters. The zero-order chi connectivity index (χ0) is 24.2. The molecule has 0 aliphatic rings. The molecule has 0 radical (unpaired) electrons. The smallest absolute Gasteiger partial charge is 0.263 e. The Morgan fingerprint density at radius 1 is 1.09 bits per heavy atom. The van der Waals surface area contributed by atoms with Crippen molar-refractivity contribution in [2.24, 2.45) is 0 Å². The maximum absolute atomic E-state index is 12.6. The van der Waals surface area contributed by atoms with E-state index < -0.39 is 5.91 Å². The Labute approximate surface area is 195 Å². The van der Waals surface area contributed by atoms with Crippen LogP contribution in [0.5, 0.6) is 11.5 Å². The number of anilines is 1. The molecule has 0 bridgehead atoms. The van der Waals surface area contributed by atoms with Crippen LogP contribution in [0.25, 0.3) is 17.4 Å². The van der Waals surface area contributed by atoms with E-state index in [4.69, 9.17) is 13.9 Å². The highest BCUT2D eigenvalue weighted by Crippen LogP contribution is 2.28. The Morgan fingerprint density at radius 2 is 1.91 bits per heavy atom. The number of carbonyl (C=O) groups is 2. The first-order valence-corrected chi connectivity index (χ1v) is 10.4. The number of nitrogens with one attached hydrogen (secondary N) is 1. The first-order chi connectivity index (χ1) is 16.4. The van der Waals surface area contributed by atoms with Crippen LogP contribution in [0.3, 0.4) is 0 Å². The van der Waals surface area contributed by atoms with Crippen molar-refractivity contribution in [1.82, 2.24) is 19.7 Å². The second-order valence-corrected chi connectivity index (χ2v) is 7.55. The first-order valence-electron chi connectivity index (χ1n) is 10.4. The quantitative estimate of drug-likeness (QED) is 0.394. The molecule has 4 aromatic rings. The lowest BCUT2D eigenvalue weighted by Crippen LogP contribution is -2.21. The fraction of sp³-hybridized carbons (Fsp3) is 0.208. The van der Waals surface area contributed by atoms with Gasteiger partial charge in [0.15, 0.2) is 35.5 Å². The SMILES string of the molecule is COc1cc(C=O)ccc1OCC(=O)Nc1cc(-n2nc(C)cc2C)nc(-c2ccc(C)o2)n1. The molecule has 10 heteroatoms. The molecule has 10 nitrogen and oxygen atoms in total. The van der Waals surface area contributed by atoms with Gasteiger partial charge in [0.05, 0.1) is 12.8 Å². The number of aldehydes is 1. The number of ether oxygens (including phenoxy) is 2. The van der Waals surface area contributed by atoms with Gasteiger partial charge in [-0.3, -0.25) is 9.59 Å². The molecule has 0 atom stereocenters. The third kappa shape index (κ3) is 4.96. The summed E-state index contributed by atoms with van der Waals surface area (Å²) in [6.07, 6.45) is 0.701. The highest BCUT2D eigenvalue weighted by atomic mass is 16.5. The number of aryl methyl sites for hydroxylation is 3. The van der Waals surface area contributed by atoms with Crippen molar-refractivity contribution < 1.29 is 23.5 Å². The number of rotatable bonds is 8. The minimum atomic E-state index is -0.443. The molecule has 0 fully saturated rings. The number of hydrogen-bond donors (Lipinski definition) is 1. The molecule has 1 aromatic carbocycles. The topological polar surface area (TPSA) is 121 Å². The summed E-state index contributed by atoms with van der Waals surface area (Å²) < 4.78 is 18.2. The van der Waals surface area contributed by atoms with Gasteiger partial charge in [-0.25, -0.2) is 14.6 Å². The largest absolute Gasteiger partial charge is 0.493 e. The minimum absolute atomic E-state index is 0.262. The van der Waals surface area contributed by atoms with E-state index in [1.54, 1.807) is 28.9 Å². The van der Waals surface area contributed by atoms with Crippen molar-refractivity contribution >= 4 is 18.0 Å². The van der Waals surface area contributed by atoms with Crippen molar-refractivity contribution in [2.45, 2.75) is 20.8 Å². The van der Waals surface area contributed by atoms with E-state index in [0.717, 1.165) is 11.4 Å². The molecule has 0 spiro atoms. The molecule has 0 aliphatic carbocycles. The zero-order valence-electron chi connectivity index (χ0n) is 19.2. The third-order valence-electron chi connectivity index (χ3n) is 4.85. The van der Waals surface area contributed by atoms with Crippen molar-refractivity contribution in [3.05, 3.63) is 65.2 Å². The molecule has 1 amide bonds. The van der Waals surface area contributed by atoms with Gasteiger partial charge in [0.25, 0.3) is 5.91 Å². The Kier molecular flexibility index (Phi) is 6.39. The maximum Gasteiger partial charge on any atom is 0.263 e. The summed E-state index contributed by atoms with van der Waals surface area (Å²) in [5, 5.41) is 7.20. The predicted molar refractivity (Wildman–Crippen MR) is 124 cm³/mol. The number of amides is 1. The number of aromatic nitrogens is 4. The highest BCUT2D eigenvalue weighted by molar-refractivity contribution is 5.91. The van der Waals surface area contributed by atoms with E-state index in [-0.39, 0.29) is 12.4 Å². The maximum atomic E-state index is 12.6. The van der Waals surface area contributed by atoms with Gasteiger partial charge in [0, 0.05) is 17.3 Å². The first kappa shape index (κ1) is 22.7. The van der Waals surface area contributed by atoms with Crippen LogP contribution in [0.1, 0.15) is 27.5 Å². The van der Waals surface area contributed by atoms with Crippen LogP contribution in [0.4, 0.5) is 5.82 Å². The van der Waals surface area contributed by atoms with Crippen LogP contribution in [0.15, 0.2) is 46.9 Å². The predicted octanol–water partition coefficient (Wildman–Crippen LogP) is 3.69. The standard InChI is InChI=1S/C24H23N5O5/c1-14-9-15(2)29(28-14)22-11-21(26-24(27-22)19-7-5-16(3)34-19)25-23(31)13-33-18-8-6-17(12-30)10-20(18)32-4/h5-12H,13H2,1-4H3,(H,25,26,27,31). The van der Waals surface area contributed by atoms with E-state index in [2.05, 4.69) is 20.4 Å². The van der Waals surface area contributed by atoms with Crippen molar-refractivity contribution in [3.63, 3.8) is 0 Å². The lowest BCUT2D eigenvalue weighted by molar-refractivity contribution is -0.118. The second kappa shape index (κ2) is 9.57. The van der Waals surface area contributed by atoms with Gasteiger partial charge in [-0.05, 0) is 57.2 Å². The van der Waals surface area contributed by atoms with Crippen molar-refractivity contribution in [3.8, 4) is 28.9 Å². The fourth-order valence-corrected chi connectivity index (χ4v) is 3.33. The van der Waals surface area contributed by atoms with Crippen LogP contribution in [0.2, 0.25) is 0 Å². The molecular weight excluding hydrogens is 438 g/mol. The molecular formula is C24H23N5O5. The van der Waals surface area contributed by atoms with Gasteiger partial charge < -0.3 is 19.2 Å². The average molecular weight is 461 g/mol. The van der Waals surface area contributed by atoms with E-state index in [1.807, 2.05) is 32.9 Å². The Hall–Kier alpha value is -4.47. The second-order valence-electron chi connectivity index (χ2n) is 7.55. The fourth-order valence-electron chi connectivity index (χ4n) is 3.33. The van der Waals surface area contributed by atoms with Gasteiger partial charge in [-0.15, -0.1) is 0 Å². The summed E-state index contributed by atoms with van der Waals surface area (Å²) in [5.41, 5.74) is 2.15. The van der Waals surface area contributed by atoms with E-state index >= 15 is 0 Å². The summed E-state index contributed by atoms with van der Waals surface area (Å²) in [7, 11) is 1.45. The lowest BCUT2D eigenvalue weighted by Gasteiger charge is -2.12. The van der Waals surface area contributed by atoms with Crippen molar-refractivity contribution in [2.75, 3.05) is 19.0 Å². The summed E-state index contributed by atoms with van der Waals surface area (Å²) in [5.74, 6) is 2.46. The van der Waals surface area contributed by atoms with Gasteiger partial charge in [-0.1, -0.05) is 0 Å². The lowest BCUT2D eigenvalue weighted by atomic mass is 10.2. The molecule has 3 aromatic heterocycles. The molecule has 0 saturated carbocycles. The molecule has 174 valence electrons. The molecule has 0 aliphatic heterocycles. The monoisotopic (exact) mass is 461 g/mol. The summed E-state index contributed by atoms with van der Waals surface area (Å²) in [4.78, 5) is 32.6. The average Bonchev–Trinajstić information content (AvgIpc) is 3.41. The Bertz CT molecular complexity index is 1360. The van der Waals surface area contributed by atoms with Gasteiger partial charge in [0.1, 0.15) is 17.9 Å². The molecule has 34 heavy (non-hydrogen) atoms. The Morgan fingerprint density at radius 3 is 2.56 bits per heavy atom. The van der Waals surface area contributed by atoms with Crippen LogP contribution >= 0.6 is 0 Å². The number of furan rings is 1. The number of nitrogens with zero attached hydrogens (tertiary/aromatic N) is 4.